The molecule has 0 heterocycles. The minimum Gasteiger partial charge on any atom is -0.300 e. The number of hydrogen-bond donors (Lipinski definition) is 0. The molecule has 0 spiro atoms. The van der Waals surface area contributed by atoms with Crippen molar-refractivity contribution in [2.45, 2.75) is 19.3 Å². The molecule has 0 aromatic heterocycles. The molecule has 4 nitrogen and oxygen atoms in total. The highest BCUT2D eigenvalue weighted by Gasteiger charge is 2.23. The standard InChI is InChI=1S/C7H12O4S/c1-12(9,10)11-5-6-2-3-7(8)4-6/h6H,2-5H2,1H3. The second-order valence-corrected chi connectivity index (χ2v) is 4.78. The van der Waals surface area contributed by atoms with Gasteiger partial charge in [0, 0.05) is 12.8 Å². The van der Waals surface area contributed by atoms with Crippen molar-refractivity contribution in [1.82, 2.24) is 0 Å². The Morgan fingerprint density at radius 1 is 1.58 bits per heavy atom. The second kappa shape index (κ2) is 3.53. The van der Waals surface area contributed by atoms with Crippen LogP contribution in [0.5, 0.6) is 0 Å². The van der Waals surface area contributed by atoms with E-state index in [0.717, 1.165) is 12.7 Å². The van der Waals surface area contributed by atoms with E-state index >= 15 is 0 Å². The van der Waals surface area contributed by atoms with Crippen molar-refractivity contribution in [3.05, 3.63) is 0 Å². The van der Waals surface area contributed by atoms with E-state index in [-0.39, 0.29) is 18.3 Å². The first-order chi connectivity index (χ1) is 5.47. The Balaban J connectivity index is 2.30. The van der Waals surface area contributed by atoms with Gasteiger partial charge in [-0.1, -0.05) is 0 Å². The molecule has 1 fully saturated rings. The summed E-state index contributed by atoms with van der Waals surface area (Å²) in [5.41, 5.74) is 0. The van der Waals surface area contributed by atoms with Gasteiger partial charge in [-0.2, -0.15) is 8.42 Å². The van der Waals surface area contributed by atoms with Crippen LogP contribution in [0.4, 0.5) is 0 Å². The van der Waals surface area contributed by atoms with Crippen molar-refractivity contribution in [3.63, 3.8) is 0 Å². The molecular weight excluding hydrogens is 180 g/mol. The zero-order valence-electron chi connectivity index (χ0n) is 6.95. The largest absolute Gasteiger partial charge is 0.300 e. The molecular formula is C7H12O4S. The van der Waals surface area contributed by atoms with Crippen molar-refractivity contribution in [1.29, 1.82) is 0 Å². The van der Waals surface area contributed by atoms with E-state index in [0.29, 0.717) is 12.8 Å². The van der Waals surface area contributed by atoms with Crippen LogP contribution in [-0.4, -0.2) is 27.1 Å². The average molecular weight is 192 g/mol. The molecule has 0 aliphatic heterocycles. The molecule has 0 N–H and O–H groups in total. The number of rotatable bonds is 3. The first-order valence-corrected chi connectivity index (χ1v) is 5.65. The third kappa shape index (κ3) is 3.32. The van der Waals surface area contributed by atoms with Crippen molar-refractivity contribution < 1.29 is 17.4 Å². The summed E-state index contributed by atoms with van der Waals surface area (Å²) in [6, 6.07) is 0. The molecule has 0 saturated heterocycles. The lowest BCUT2D eigenvalue weighted by molar-refractivity contribution is -0.117. The quantitative estimate of drug-likeness (QED) is 0.605. The molecule has 1 aliphatic carbocycles. The maximum absolute atomic E-state index is 10.8. The van der Waals surface area contributed by atoms with Crippen LogP contribution in [0, 0.1) is 5.92 Å². The van der Waals surface area contributed by atoms with Crippen LogP contribution in [0.25, 0.3) is 0 Å². The van der Waals surface area contributed by atoms with Gasteiger partial charge in [0.2, 0.25) is 0 Å². The third-order valence-electron chi connectivity index (χ3n) is 1.87. The monoisotopic (exact) mass is 192 g/mol. The van der Waals surface area contributed by atoms with Crippen molar-refractivity contribution in [3.8, 4) is 0 Å². The minimum absolute atomic E-state index is 0.104. The molecule has 0 aromatic rings. The van der Waals surface area contributed by atoms with Gasteiger partial charge in [0.05, 0.1) is 12.9 Å². The van der Waals surface area contributed by atoms with Crippen LogP contribution in [0.3, 0.4) is 0 Å². The van der Waals surface area contributed by atoms with Crippen molar-refractivity contribution in [2.75, 3.05) is 12.9 Å². The molecule has 1 saturated carbocycles. The normalized spacial score (nSPS) is 24.8. The summed E-state index contributed by atoms with van der Waals surface area (Å²) in [5, 5.41) is 0. The Bertz CT molecular complexity index is 267. The Morgan fingerprint density at radius 3 is 2.67 bits per heavy atom. The number of hydrogen-bond acceptors (Lipinski definition) is 4. The maximum Gasteiger partial charge on any atom is 0.264 e. The Morgan fingerprint density at radius 2 is 2.25 bits per heavy atom. The zero-order valence-corrected chi connectivity index (χ0v) is 7.76. The Kier molecular flexibility index (Phi) is 2.85. The second-order valence-electron chi connectivity index (χ2n) is 3.14. The van der Waals surface area contributed by atoms with E-state index in [1.54, 1.807) is 0 Å². The number of carbonyl (C=O) groups is 1. The summed E-state index contributed by atoms with van der Waals surface area (Å²) in [6.07, 6.45) is 2.81. The number of carbonyl (C=O) groups excluding carboxylic acids is 1. The van der Waals surface area contributed by atoms with Crippen LogP contribution in [0.1, 0.15) is 19.3 Å². The van der Waals surface area contributed by atoms with Crippen LogP contribution in [0.2, 0.25) is 0 Å². The molecule has 1 unspecified atom stereocenters. The van der Waals surface area contributed by atoms with E-state index in [1.807, 2.05) is 0 Å². The van der Waals surface area contributed by atoms with Gasteiger partial charge >= 0.3 is 0 Å². The predicted octanol–water partition coefficient (Wildman–Crippen LogP) is 0.332. The highest BCUT2D eigenvalue weighted by molar-refractivity contribution is 7.85. The SMILES string of the molecule is CS(=O)(=O)OCC1CCC(=O)C1. The van der Waals surface area contributed by atoms with Crippen LogP contribution < -0.4 is 0 Å². The van der Waals surface area contributed by atoms with Gasteiger partial charge < -0.3 is 0 Å². The Hall–Kier alpha value is -0.420. The summed E-state index contributed by atoms with van der Waals surface area (Å²) in [5.74, 6) is 0.310. The molecule has 0 bridgehead atoms. The van der Waals surface area contributed by atoms with Gasteiger partial charge in [-0.3, -0.25) is 8.98 Å². The smallest absolute Gasteiger partial charge is 0.264 e. The fraction of sp³-hybridized carbons (Fsp3) is 0.857. The molecule has 70 valence electrons. The van der Waals surface area contributed by atoms with E-state index < -0.39 is 10.1 Å². The van der Waals surface area contributed by atoms with Gasteiger partial charge in [0.15, 0.2) is 0 Å². The lowest BCUT2D eigenvalue weighted by Gasteiger charge is -2.05. The minimum atomic E-state index is -3.34. The molecule has 0 amide bonds. The summed E-state index contributed by atoms with van der Waals surface area (Å²) < 4.78 is 25.7. The van der Waals surface area contributed by atoms with Crippen molar-refractivity contribution >= 4 is 15.9 Å². The third-order valence-corrected chi connectivity index (χ3v) is 2.43. The topological polar surface area (TPSA) is 60.4 Å². The molecule has 1 rings (SSSR count). The van der Waals surface area contributed by atoms with Crippen LogP contribution in [0.15, 0.2) is 0 Å². The highest BCUT2D eigenvalue weighted by Crippen LogP contribution is 2.22. The molecule has 12 heavy (non-hydrogen) atoms. The zero-order chi connectivity index (χ0) is 9.19. The van der Waals surface area contributed by atoms with E-state index in [4.69, 9.17) is 0 Å². The predicted molar refractivity (Wildman–Crippen MR) is 43.1 cm³/mol. The van der Waals surface area contributed by atoms with Gasteiger partial charge in [-0.05, 0) is 12.3 Å². The van der Waals surface area contributed by atoms with E-state index in [1.165, 1.54) is 0 Å². The summed E-state index contributed by atoms with van der Waals surface area (Å²) >= 11 is 0. The summed E-state index contributed by atoms with van der Waals surface area (Å²) in [6.45, 7) is 0.157. The fourth-order valence-electron chi connectivity index (χ4n) is 1.25. The Labute approximate surface area is 72.0 Å². The maximum atomic E-state index is 10.8. The summed E-state index contributed by atoms with van der Waals surface area (Å²) in [4.78, 5) is 10.8. The van der Waals surface area contributed by atoms with Crippen LogP contribution in [-0.2, 0) is 19.1 Å². The number of Topliss-reactive ketones (excluding diaryl/α,β-unsaturated/α-hetero) is 1. The molecule has 0 aromatic carbocycles. The number of ketones is 1. The first kappa shape index (κ1) is 9.67. The van der Waals surface area contributed by atoms with Gasteiger partial charge in [-0.15, -0.1) is 0 Å². The molecule has 0 radical (unpaired) electrons. The van der Waals surface area contributed by atoms with E-state index in [2.05, 4.69) is 4.18 Å². The summed E-state index contributed by atoms with van der Waals surface area (Å²) in [7, 11) is -3.34. The highest BCUT2D eigenvalue weighted by atomic mass is 32.2. The molecule has 5 heteroatoms. The lowest BCUT2D eigenvalue weighted by Crippen LogP contribution is -2.11. The van der Waals surface area contributed by atoms with Crippen molar-refractivity contribution in [2.24, 2.45) is 5.92 Å². The van der Waals surface area contributed by atoms with E-state index in [9.17, 15) is 13.2 Å². The van der Waals surface area contributed by atoms with Crippen LogP contribution >= 0.6 is 0 Å². The fourth-order valence-corrected chi connectivity index (χ4v) is 1.69. The van der Waals surface area contributed by atoms with Gasteiger partial charge in [-0.25, -0.2) is 0 Å². The molecule has 1 aliphatic rings. The lowest BCUT2D eigenvalue weighted by atomic mass is 10.1. The van der Waals surface area contributed by atoms with Gasteiger partial charge in [0.1, 0.15) is 5.78 Å². The first-order valence-electron chi connectivity index (χ1n) is 3.83. The molecule has 1 atom stereocenters. The van der Waals surface area contributed by atoms with Gasteiger partial charge in [0.25, 0.3) is 10.1 Å². The average Bonchev–Trinajstić information content (AvgIpc) is 2.30.